The lowest BCUT2D eigenvalue weighted by Crippen LogP contribution is -2.35. The van der Waals surface area contributed by atoms with Gasteiger partial charge in [-0.25, -0.2) is 0 Å². The Kier molecular flexibility index (Phi) is 11.0. The quantitative estimate of drug-likeness (QED) is 0.198. The molecular weight excluding hydrogens is 560 g/mol. The van der Waals surface area contributed by atoms with E-state index >= 15 is 0 Å². The molecule has 0 aromatic heterocycles. The monoisotopic (exact) mass is 596 g/mol. The first-order chi connectivity index (χ1) is 21.4. The van der Waals surface area contributed by atoms with Crippen LogP contribution in [0, 0.1) is 0 Å². The second-order valence-corrected chi connectivity index (χ2v) is 9.96. The van der Waals surface area contributed by atoms with Gasteiger partial charge in [-0.2, -0.15) is 0 Å². The molecule has 0 saturated carbocycles. The zero-order valence-electron chi connectivity index (χ0n) is 25.0. The predicted octanol–water partition coefficient (Wildman–Crippen LogP) is 5.47. The van der Waals surface area contributed by atoms with E-state index in [0.29, 0.717) is 46.7 Å². The summed E-state index contributed by atoms with van der Waals surface area (Å²) in [4.78, 5) is 40.5. The minimum Gasteiger partial charge on any atom is -0.497 e. The van der Waals surface area contributed by atoms with Crippen LogP contribution in [0.5, 0.6) is 17.2 Å². The lowest BCUT2D eigenvalue weighted by Gasteiger charge is -2.24. The number of aliphatic carboxylic acids is 1. The number of hydrogen-bond donors (Lipinski definition) is 2. The number of carboxylic acids is 1. The zero-order valence-corrected chi connectivity index (χ0v) is 25.0. The van der Waals surface area contributed by atoms with Gasteiger partial charge in [0.15, 0.2) is 11.5 Å². The number of methoxy groups -OCH3 is 3. The fourth-order valence-electron chi connectivity index (χ4n) is 4.96. The summed E-state index contributed by atoms with van der Waals surface area (Å²) in [5, 5.41) is 12.4. The highest BCUT2D eigenvalue weighted by Crippen LogP contribution is 2.32. The Morgan fingerprint density at radius 1 is 0.727 bits per heavy atom. The highest BCUT2D eigenvalue weighted by atomic mass is 16.5. The molecule has 2 amide bonds. The van der Waals surface area contributed by atoms with Gasteiger partial charge in [0, 0.05) is 30.8 Å². The van der Waals surface area contributed by atoms with Crippen molar-refractivity contribution in [3.8, 4) is 28.4 Å². The van der Waals surface area contributed by atoms with Crippen molar-refractivity contribution in [1.29, 1.82) is 0 Å². The Morgan fingerprint density at radius 3 is 2.02 bits per heavy atom. The fourth-order valence-corrected chi connectivity index (χ4v) is 4.96. The molecule has 0 aliphatic rings. The van der Waals surface area contributed by atoms with E-state index < -0.39 is 5.97 Å². The summed E-state index contributed by atoms with van der Waals surface area (Å²) >= 11 is 0. The number of carbonyl (C=O) groups is 3. The fraction of sp³-hybridized carbons (Fsp3) is 0.229. The maximum Gasteiger partial charge on any atom is 0.305 e. The molecule has 4 aromatic carbocycles. The minimum atomic E-state index is -1.01. The molecular formula is C35H36N2O7. The molecule has 0 atom stereocenters. The molecule has 2 N–H and O–H groups in total. The number of ether oxygens (including phenoxy) is 3. The lowest BCUT2D eigenvalue weighted by atomic mass is 9.94. The maximum atomic E-state index is 14.1. The van der Waals surface area contributed by atoms with Crippen molar-refractivity contribution in [2.45, 2.75) is 19.4 Å². The van der Waals surface area contributed by atoms with Crippen LogP contribution in [0.1, 0.15) is 38.3 Å². The van der Waals surface area contributed by atoms with Crippen LogP contribution in [0.15, 0.2) is 91.0 Å². The van der Waals surface area contributed by atoms with Crippen LogP contribution in [-0.2, 0) is 17.8 Å². The molecule has 4 rings (SSSR count). The summed E-state index contributed by atoms with van der Waals surface area (Å²) < 4.78 is 16.2. The summed E-state index contributed by atoms with van der Waals surface area (Å²) in [6, 6.07) is 27.1. The van der Waals surface area contributed by atoms with Crippen LogP contribution in [0.4, 0.5) is 0 Å². The lowest BCUT2D eigenvalue weighted by molar-refractivity contribution is -0.137. The van der Waals surface area contributed by atoms with Crippen LogP contribution >= 0.6 is 0 Å². The van der Waals surface area contributed by atoms with Gasteiger partial charge in [0.25, 0.3) is 11.8 Å². The van der Waals surface area contributed by atoms with E-state index in [2.05, 4.69) is 5.32 Å². The number of nitrogens with zero attached hydrogens (tertiary/aromatic N) is 1. The first-order valence-electron chi connectivity index (χ1n) is 14.2. The molecule has 9 heteroatoms. The van der Waals surface area contributed by atoms with E-state index in [1.165, 1.54) is 4.90 Å². The summed E-state index contributed by atoms with van der Waals surface area (Å²) in [6.45, 7) is 0.571. The topological polar surface area (TPSA) is 114 Å². The number of para-hydroxylation sites is 1. The molecule has 0 radical (unpaired) electrons. The van der Waals surface area contributed by atoms with Gasteiger partial charge in [-0.3, -0.25) is 14.4 Å². The number of amides is 2. The smallest absolute Gasteiger partial charge is 0.305 e. The molecule has 0 heterocycles. The van der Waals surface area contributed by atoms with Crippen LogP contribution in [0.2, 0.25) is 0 Å². The molecule has 9 nitrogen and oxygen atoms in total. The number of rotatable bonds is 14. The van der Waals surface area contributed by atoms with E-state index in [1.54, 1.807) is 69.9 Å². The summed E-state index contributed by atoms with van der Waals surface area (Å²) in [5.74, 6) is 0.237. The van der Waals surface area contributed by atoms with E-state index in [4.69, 9.17) is 14.2 Å². The van der Waals surface area contributed by atoms with Gasteiger partial charge >= 0.3 is 5.97 Å². The molecule has 0 saturated heterocycles. The van der Waals surface area contributed by atoms with Gasteiger partial charge in [0.1, 0.15) is 5.75 Å². The van der Waals surface area contributed by atoms with Gasteiger partial charge in [-0.15, -0.1) is 0 Å². The van der Waals surface area contributed by atoms with Gasteiger partial charge in [0.05, 0.1) is 27.8 Å². The Bertz CT molecular complexity index is 1600. The van der Waals surface area contributed by atoms with Crippen molar-refractivity contribution in [1.82, 2.24) is 10.2 Å². The molecule has 0 spiro atoms. The Balaban J connectivity index is 1.61. The van der Waals surface area contributed by atoms with E-state index in [1.807, 2.05) is 42.5 Å². The van der Waals surface area contributed by atoms with Crippen LogP contribution in [0.3, 0.4) is 0 Å². The molecule has 0 aliphatic heterocycles. The highest BCUT2D eigenvalue weighted by Gasteiger charge is 2.23. The first kappa shape index (κ1) is 31.6. The van der Waals surface area contributed by atoms with E-state index in [0.717, 1.165) is 16.9 Å². The maximum absolute atomic E-state index is 14.1. The van der Waals surface area contributed by atoms with E-state index in [9.17, 15) is 19.5 Å². The first-order valence-corrected chi connectivity index (χ1v) is 14.2. The van der Waals surface area contributed by atoms with Crippen molar-refractivity contribution in [3.05, 3.63) is 113 Å². The number of hydrogen-bond acceptors (Lipinski definition) is 6. The highest BCUT2D eigenvalue weighted by molar-refractivity contribution is 6.06. The molecule has 0 aliphatic carbocycles. The van der Waals surface area contributed by atoms with Crippen molar-refractivity contribution in [2.24, 2.45) is 0 Å². The third-order valence-corrected chi connectivity index (χ3v) is 7.25. The summed E-state index contributed by atoms with van der Waals surface area (Å²) in [6.07, 6.45) is 0.200. The normalized spacial score (nSPS) is 10.5. The van der Waals surface area contributed by atoms with Gasteiger partial charge in [0.2, 0.25) is 0 Å². The Hall–Kier alpha value is -5.31. The number of benzene rings is 4. The van der Waals surface area contributed by atoms with E-state index in [-0.39, 0.29) is 31.3 Å². The average molecular weight is 597 g/mol. The second kappa shape index (κ2) is 15.2. The van der Waals surface area contributed by atoms with Gasteiger partial charge < -0.3 is 29.5 Å². The van der Waals surface area contributed by atoms with Crippen molar-refractivity contribution in [2.75, 3.05) is 34.4 Å². The number of carboxylic acid groups (broad SMARTS) is 1. The van der Waals surface area contributed by atoms with Crippen LogP contribution in [-0.4, -0.2) is 62.2 Å². The second-order valence-electron chi connectivity index (χ2n) is 9.96. The Morgan fingerprint density at radius 2 is 1.39 bits per heavy atom. The third-order valence-electron chi connectivity index (χ3n) is 7.25. The number of carbonyl (C=O) groups excluding carboxylic acids is 2. The van der Waals surface area contributed by atoms with Gasteiger partial charge in [-0.1, -0.05) is 60.7 Å². The third kappa shape index (κ3) is 7.74. The van der Waals surface area contributed by atoms with Crippen molar-refractivity contribution >= 4 is 17.8 Å². The van der Waals surface area contributed by atoms with Crippen molar-refractivity contribution in [3.63, 3.8) is 0 Å². The summed E-state index contributed by atoms with van der Waals surface area (Å²) in [5.41, 5.74) is 3.69. The SMILES string of the molecule is COc1ccc(CNC(=O)c2ccccc2-c2ccccc2C(=O)N(CCC(=O)O)CCc2cccc(OC)c2OC)cc1. The zero-order chi connectivity index (χ0) is 31.5. The molecule has 228 valence electrons. The van der Waals surface area contributed by atoms with Crippen LogP contribution in [0.25, 0.3) is 11.1 Å². The summed E-state index contributed by atoms with van der Waals surface area (Å²) in [7, 11) is 4.70. The standard InChI is InChI=1S/C35H36N2O7/c1-42-26-17-15-24(16-18-26)23-36-34(40)29-12-6-4-10-27(29)28-11-5-7-13-30(28)35(41)37(22-20-32(38)39)21-19-25-9-8-14-31(43-2)33(25)44-3/h4-18H,19-23H2,1-3H3,(H,36,40)(H,38,39). The molecule has 4 aromatic rings. The predicted molar refractivity (Wildman–Crippen MR) is 167 cm³/mol. The Labute approximate surface area is 257 Å². The largest absolute Gasteiger partial charge is 0.497 e. The molecule has 44 heavy (non-hydrogen) atoms. The van der Waals surface area contributed by atoms with Crippen LogP contribution < -0.4 is 19.5 Å². The van der Waals surface area contributed by atoms with Crippen molar-refractivity contribution < 1.29 is 33.7 Å². The average Bonchev–Trinajstić information content (AvgIpc) is 3.06. The molecule has 0 bridgehead atoms. The number of nitrogens with one attached hydrogen (secondary N) is 1. The minimum absolute atomic E-state index is 0.0127. The van der Waals surface area contributed by atoms with Gasteiger partial charge in [-0.05, 0) is 59.0 Å². The molecule has 0 fully saturated rings. The molecule has 0 unspecified atom stereocenters.